The van der Waals surface area contributed by atoms with E-state index in [0.717, 1.165) is 38.3 Å². The predicted molar refractivity (Wildman–Crippen MR) is 114 cm³/mol. The molecule has 0 saturated carbocycles. The lowest BCUT2D eigenvalue weighted by atomic mass is 10.0. The van der Waals surface area contributed by atoms with E-state index < -0.39 is 6.04 Å². The SMILES string of the molecule is CC(C)[C@H](NC(=O)Cc1ccccc1)C(=O)N1CC[NH+](Cc2ccccc2)CC1. The number of rotatable bonds is 7. The zero-order valence-electron chi connectivity index (χ0n) is 17.4. The number of quaternary nitrogens is 1. The molecule has 1 aliphatic heterocycles. The molecule has 154 valence electrons. The molecule has 5 heteroatoms. The van der Waals surface area contributed by atoms with Crippen LogP contribution in [0.1, 0.15) is 25.0 Å². The predicted octanol–water partition coefficient (Wildman–Crippen LogP) is 1.30. The second-order valence-corrected chi connectivity index (χ2v) is 8.19. The number of carbonyl (C=O) groups is 2. The van der Waals surface area contributed by atoms with Gasteiger partial charge in [0.1, 0.15) is 12.6 Å². The third kappa shape index (κ3) is 6.16. The van der Waals surface area contributed by atoms with E-state index in [1.54, 1.807) is 0 Å². The Morgan fingerprint density at radius 1 is 0.931 bits per heavy atom. The summed E-state index contributed by atoms with van der Waals surface area (Å²) in [7, 11) is 0. The normalized spacial score (nSPS) is 15.9. The van der Waals surface area contributed by atoms with Gasteiger partial charge in [0.2, 0.25) is 11.8 Å². The van der Waals surface area contributed by atoms with Crippen LogP contribution in [0, 0.1) is 5.92 Å². The Morgan fingerprint density at radius 3 is 2.03 bits per heavy atom. The molecule has 0 bridgehead atoms. The number of benzene rings is 2. The molecule has 1 fully saturated rings. The topological polar surface area (TPSA) is 53.9 Å². The van der Waals surface area contributed by atoms with Gasteiger partial charge in [0, 0.05) is 5.56 Å². The van der Waals surface area contributed by atoms with E-state index in [9.17, 15) is 9.59 Å². The molecular formula is C24H32N3O2+. The second kappa shape index (κ2) is 10.2. The molecule has 1 heterocycles. The van der Waals surface area contributed by atoms with Crippen LogP contribution in [-0.4, -0.2) is 48.9 Å². The van der Waals surface area contributed by atoms with Crippen molar-refractivity contribution >= 4 is 11.8 Å². The average Bonchev–Trinajstić information content (AvgIpc) is 2.73. The number of carbonyl (C=O) groups excluding carboxylic acids is 2. The summed E-state index contributed by atoms with van der Waals surface area (Å²) < 4.78 is 0. The van der Waals surface area contributed by atoms with E-state index in [1.807, 2.05) is 55.1 Å². The van der Waals surface area contributed by atoms with Crippen LogP contribution in [0.3, 0.4) is 0 Å². The van der Waals surface area contributed by atoms with Crippen LogP contribution in [0.2, 0.25) is 0 Å². The van der Waals surface area contributed by atoms with Crippen molar-refractivity contribution in [1.29, 1.82) is 0 Å². The molecule has 1 saturated heterocycles. The smallest absolute Gasteiger partial charge is 0.245 e. The number of piperazine rings is 1. The number of nitrogens with one attached hydrogen (secondary N) is 2. The van der Waals surface area contributed by atoms with Gasteiger partial charge in [-0.3, -0.25) is 9.59 Å². The first-order valence-electron chi connectivity index (χ1n) is 10.5. The molecule has 0 spiro atoms. The van der Waals surface area contributed by atoms with Gasteiger partial charge in [0.15, 0.2) is 0 Å². The number of hydrogen-bond donors (Lipinski definition) is 2. The Balaban J connectivity index is 1.52. The third-order valence-corrected chi connectivity index (χ3v) is 5.54. The Morgan fingerprint density at radius 2 is 1.48 bits per heavy atom. The lowest BCUT2D eigenvalue weighted by molar-refractivity contribution is -0.917. The van der Waals surface area contributed by atoms with Crippen LogP contribution in [0.4, 0.5) is 0 Å². The standard InChI is InChI=1S/C24H31N3O2/c1-19(2)23(25-22(28)17-20-9-5-3-6-10-20)24(29)27-15-13-26(14-16-27)18-21-11-7-4-8-12-21/h3-12,19,23H,13-18H2,1-2H3,(H,25,28)/p+1/t23-/m0/s1. The molecule has 1 aliphatic rings. The van der Waals surface area contributed by atoms with Crippen molar-refractivity contribution in [2.75, 3.05) is 26.2 Å². The fourth-order valence-corrected chi connectivity index (χ4v) is 3.82. The molecule has 0 radical (unpaired) electrons. The molecule has 0 aromatic heterocycles. The first kappa shape index (κ1) is 21.1. The molecule has 0 aliphatic carbocycles. The van der Waals surface area contributed by atoms with Gasteiger partial charge in [0.05, 0.1) is 32.6 Å². The minimum atomic E-state index is -0.470. The quantitative estimate of drug-likeness (QED) is 0.744. The molecule has 29 heavy (non-hydrogen) atoms. The summed E-state index contributed by atoms with van der Waals surface area (Å²) in [6.45, 7) is 8.30. The van der Waals surface area contributed by atoms with Crippen LogP contribution in [0.25, 0.3) is 0 Å². The Kier molecular flexibility index (Phi) is 7.42. The lowest BCUT2D eigenvalue weighted by Crippen LogP contribution is -3.13. The summed E-state index contributed by atoms with van der Waals surface area (Å²) in [6, 6.07) is 19.6. The fraction of sp³-hybridized carbons (Fsp3) is 0.417. The molecular weight excluding hydrogens is 362 g/mol. The fourth-order valence-electron chi connectivity index (χ4n) is 3.82. The van der Waals surface area contributed by atoms with E-state index >= 15 is 0 Å². The summed E-state index contributed by atoms with van der Waals surface area (Å²) in [4.78, 5) is 29.0. The van der Waals surface area contributed by atoms with Crippen LogP contribution in [0.5, 0.6) is 0 Å². The van der Waals surface area contributed by atoms with Gasteiger partial charge in [0.25, 0.3) is 0 Å². The zero-order chi connectivity index (χ0) is 20.6. The highest BCUT2D eigenvalue weighted by atomic mass is 16.2. The monoisotopic (exact) mass is 394 g/mol. The minimum Gasteiger partial charge on any atom is -0.344 e. The summed E-state index contributed by atoms with van der Waals surface area (Å²) >= 11 is 0. The summed E-state index contributed by atoms with van der Waals surface area (Å²) in [5, 5.41) is 2.98. The third-order valence-electron chi connectivity index (χ3n) is 5.54. The maximum Gasteiger partial charge on any atom is 0.245 e. The van der Waals surface area contributed by atoms with E-state index in [2.05, 4.69) is 29.6 Å². The van der Waals surface area contributed by atoms with Gasteiger partial charge in [-0.15, -0.1) is 0 Å². The van der Waals surface area contributed by atoms with E-state index in [4.69, 9.17) is 0 Å². The Labute approximate surface area is 173 Å². The lowest BCUT2D eigenvalue weighted by Gasteiger charge is -2.35. The van der Waals surface area contributed by atoms with Gasteiger partial charge in [-0.25, -0.2) is 0 Å². The highest BCUT2D eigenvalue weighted by Gasteiger charge is 2.31. The highest BCUT2D eigenvalue weighted by Crippen LogP contribution is 2.08. The van der Waals surface area contributed by atoms with Crippen LogP contribution in [-0.2, 0) is 22.6 Å². The van der Waals surface area contributed by atoms with Crippen LogP contribution in [0.15, 0.2) is 60.7 Å². The van der Waals surface area contributed by atoms with Gasteiger partial charge in [-0.05, 0) is 11.5 Å². The van der Waals surface area contributed by atoms with Gasteiger partial charge in [-0.1, -0.05) is 74.5 Å². The molecule has 5 nitrogen and oxygen atoms in total. The van der Waals surface area contributed by atoms with Crippen molar-refractivity contribution in [1.82, 2.24) is 10.2 Å². The van der Waals surface area contributed by atoms with Crippen molar-refractivity contribution in [3.05, 3.63) is 71.8 Å². The van der Waals surface area contributed by atoms with Crippen molar-refractivity contribution in [3.8, 4) is 0 Å². The molecule has 2 aromatic carbocycles. The molecule has 1 atom stereocenters. The largest absolute Gasteiger partial charge is 0.344 e. The zero-order valence-corrected chi connectivity index (χ0v) is 17.4. The van der Waals surface area contributed by atoms with E-state index in [-0.39, 0.29) is 17.7 Å². The van der Waals surface area contributed by atoms with Crippen molar-refractivity contribution < 1.29 is 14.5 Å². The molecule has 3 rings (SSSR count). The number of hydrogen-bond acceptors (Lipinski definition) is 2. The highest BCUT2D eigenvalue weighted by molar-refractivity contribution is 5.88. The number of nitrogens with zero attached hydrogens (tertiary/aromatic N) is 1. The summed E-state index contributed by atoms with van der Waals surface area (Å²) in [5.41, 5.74) is 2.29. The Bertz CT molecular complexity index is 784. The van der Waals surface area contributed by atoms with Crippen LogP contribution < -0.4 is 10.2 Å². The maximum absolute atomic E-state index is 13.1. The number of amides is 2. The minimum absolute atomic E-state index is 0.0418. The van der Waals surface area contributed by atoms with E-state index in [1.165, 1.54) is 10.5 Å². The first-order valence-corrected chi connectivity index (χ1v) is 10.5. The Hall–Kier alpha value is -2.66. The van der Waals surface area contributed by atoms with Gasteiger partial charge >= 0.3 is 0 Å². The second-order valence-electron chi connectivity index (χ2n) is 8.19. The molecule has 2 amide bonds. The first-order chi connectivity index (χ1) is 14.0. The maximum atomic E-state index is 13.1. The van der Waals surface area contributed by atoms with Crippen molar-refractivity contribution in [2.24, 2.45) is 5.92 Å². The molecule has 0 unspecified atom stereocenters. The van der Waals surface area contributed by atoms with Crippen molar-refractivity contribution in [3.63, 3.8) is 0 Å². The van der Waals surface area contributed by atoms with Crippen LogP contribution >= 0.6 is 0 Å². The van der Waals surface area contributed by atoms with E-state index in [0.29, 0.717) is 6.42 Å². The van der Waals surface area contributed by atoms with Gasteiger partial charge < -0.3 is 15.1 Å². The average molecular weight is 395 g/mol. The molecule has 2 N–H and O–H groups in total. The molecule has 2 aromatic rings. The van der Waals surface area contributed by atoms with Gasteiger partial charge in [-0.2, -0.15) is 0 Å². The van der Waals surface area contributed by atoms with Crippen molar-refractivity contribution in [2.45, 2.75) is 32.9 Å². The summed E-state index contributed by atoms with van der Waals surface area (Å²) in [5.74, 6) is -0.00585. The summed E-state index contributed by atoms with van der Waals surface area (Å²) in [6.07, 6.45) is 0.298.